The first-order valence-corrected chi connectivity index (χ1v) is 7.96. The van der Waals surface area contributed by atoms with Crippen LogP contribution < -0.4 is 14.8 Å². The molecule has 4 nitrogen and oxygen atoms in total. The van der Waals surface area contributed by atoms with Crippen molar-refractivity contribution in [2.45, 2.75) is 19.9 Å². The number of rotatable bonds is 5. The molecule has 5 heteroatoms. The molecule has 1 aliphatic rings. The second kappa shape index (κ2) is 5.79. The van der Waals surface area contributed by atoms with Crippen molar-refractivity contribution in [3.63, 3.8) is 0 Å². The Morgan fingerprint density at radius 2 is 2.15 bits per heavy atom. The minimum absolute atomic E-state index is 0.297. The van der Waals surface area contributed by atoms with Crippen LogP contribution in [0.5, 0.6) is 11.5 Å². The summed E-state index contributed by atoms with van der Waals surface area (Å²) in [5, 5.41) is 5.67. The maximum Gasteiger partial charge on any atom is 0.231 e. The third-order valence-corrected chi connectivity index (χ3v) is 4.36. The first-order chi connectivity index (χ1) is 9.78. The summed E-state index contributed by atoms with van der Waals surface area (Å²) in [6.07, 6.45) is 1.83. The van der Waals surface area contributed by atoms with Gasteiger partial charge in [0, 0.05) is 23.4 Å². The number of fused-ring (bicyclic) bond motifs is 2. The van der Waals surface area contributed by atoms with E-state index in [4.69, 9.17) is 9.47 Å². The lowest BCUT2D eigenvalue weighted by molar-refractivity contribution is 0.174. The first-order valence-electron chi connectivity index (χ1n) is 6.80. The van der Waals surface area contributed by atoms with Crippen LogP contribution in [-0.4, -0.2) is 29.3 Å². The number of benzene rings is 1. The Labute approximate surface area is 122 Å². The maximum atomic E-state index is 5.45. The normalized spacial score (nSPS) is 14.5. The minimum Gasteiger partial charge on any atom is -0.454 e. The van der Waals surface area contributed by atoms with Gasteiger partial charge in [-0.25, -0.2) is 4.98 Å². The van der Waals surface area contributed by atoms with Crippen molar-refractivity contribution >= 4 is 28.4 Å². The fraction of sp³-hybridized carbons (Fsp3) is 0.400. The zero-order valence-corrected chi connectivity index (χ0v) is 12.5. The van der Waals surface area contributed by atoms with E-state index in [9.17, 15) is 0 Å². The molecule has 106 valence electrons. The van der Waals surface area contributed by atoms with Crippen LogP contribution in [-0.2, 0) is 0 Å². The van der Waals surface area contributed by atoms with Crippen molar-refractivity contribution in [2.75, 3.05) is 23.6 Å². The van der Waals surface area contributed by atoms with Gasteiger partial charge in [0.15, 0.2) is 11.5 Å². The lowest BCUT2D eigenvalue weighted by Gasteiger charge is -2.15. The topological polar surface area (TPSA) is 43.4 Å². The Balaban J connectivity index is 1.91. The van der Waals surface area contributed by atoms with Gasteiger partial charge in [0.25, 0.3) is 0 Å². The molecule has 0 aliphatic carbocycles. The Morgan fingerprint density at radius 3 is 2.95 bits per heavy atom. The third-order valence-electron chi connectivity index (χ3n) is 3.21. The zero-order chi connectivity index (χ0) is 13.9. The molecule has 1 aromatic heterocycles. The molecule has 0 saturated heterocycles. The van der Waals surface area contributed by atoms with Gasteiger partial charge in [-0.2, -0.15) is 11.8 Å². The standard InChI is InChI=1S/C15H18N2O2S/c1-3-20-8-10(2)17-15-12-7-14-13(18-9-19-14)6-11(12)4-5-16-15/h4-7,10H,3,8-9H2,1-2H3,(H,16,17). The molecule has 1 aliphatic heterocycles. The van der Waals surface area contributed by atoms with E-state index in [1.165, 1.54) is 0 Å². The number of aromatic nitrogens is 1. The predicted octanol–water partition coefficient (Wildman–Crippen LogP) is 3.52. The summed E-state index contributed by atoms with van der Waals surface area (Å²) in [6.45, 7) is 4.65. The van der Waals surface area contributed by atoms with E-state index in [0.29, 0.717) is 12.8 Å². The van der Waals surface area contributed by atoms with Crippen LogP contribution in [0.2, 0.25) is 0 Å². The second-order valence-electron chi connectivity index (χ2n) is 4.79. The van der Waals surface area contributed by atoms with Crippen molar-refractivity contribution in [3.8, 4) is 11.5 Å². The van der Waals surface area contributed by atoms with Crippen LogP contribution in [0.4, 0.5) is 5.82 Å². The van der Waals surface area contributed by atoms with E-state index in [-0.39, 0.29) is 0 Å². The summed E-state index contributed by atoms with van der Waals surface area (Å²) >= 11 is 1.93. The summed E-state index contributed by atoms with van der Waals surface area (Å²) < 4.78 is 10.9. The highest BCUT2D eigenvalue weighted by Crippen LogP contribution is 2.37. The van der Waals surface area contributed by atoms with Gasteiger partial charge >= 0.3 is 0 Å². The summed E-state index contributed by atoms with van der Waals surface area (Å²) in [7, 11) is 0. The van der Waals surface area contributed by atoms with Crippen LogP contribution >= 0.6 is 11.8 Å². The quantitative estimate of drug-likeness (QED) is 0.912. The molecule has 0 spiro atoms. The molecule has 20 heavy (non-hydrogen) atoms. The largest absolute Gasteiger partial charge is 0.454 e. The maximum absolute atomic E-state index is 5.45. The van der Waals surface area contributed by atoms with Crippen LogP contribution in [0.1, 0.15) is 13.8 Å². The molecule has 2 aromatic rings. The summed E-state index contributed by atoms with van der Waals surface area (Å²) in [4.78, 5) is 4.46. The molecule has 1 atom stereocenters. The highest BCUT2D eigenvalue weighted by atomic mass is 32.2. The Hall–Kier alpha value is -1.62. The lowest BCUT2D eigenvalue weighted by atomic mass is 10.1. The molecule has 0 bridgehead atoms. The SMILES string of the molecule is CCSCC(C)Nc1nccc2cc3c(cc12)OCO3. The van der Waals surface area contributed by atoms with Gasteiger partial charge in [-0.15, -0.1) is 0 Å². The minimum atomic E-state index is 0.297. The number of nitrogens with zero attached hydrogens (tertiary/aromatic N) is 1. The molecule has 0 radical (unpaired) electrons. The monoisotopic (exact) mass is 290 g/mol. The number of thioether (sulfide) groups is 1. The molecule has 0 amide bonds. The van der Waals surface area contributed by atoms with E-state index in [2.05, 4.69) is 24.1 Å². The number of anilines is 1. The summed E-state index contributed by atoms with van der Waals surface area (Å²) in [5.41, 5.74) is 0. The Kier molecular flexibility index (Phi) is 3.87. The number of hydrogen-bond acceptors (Lipinski definition) is 5. The van der Waals surface area contributed by atoms with E-state index >= 15 is 0 Å². The number of hydrogen-bond donors (Lipinski definition) is 1. The molecular weight excluding hydrogens is 272 g/mol. The van der Waals surface area contributed by atoms with Gasteiger partial charge in [-0.3, -0.25) is 0 Å². The van der Waals surface area contributed by atoms with Crippen molar-refractivity contribution < 1.29 is 9.47 Å². The average Bonchev–Trinajstić information content (AvgIpc) is 2.90. The predicted molar refractivity (Wildman–Crippen MR) is 83.9 cm³/mol. The number of pyridine rings is 1. The van der Waals surface area contributed by atoms with Crippen LogP contribution in [0, 0.1) is 0 Å². The van der Waals surface area contributed by atoms with Gasteiger partial charge in [0.1, 0.15) is 5.82 Å². The molecule has 1 unspecified atom stereocenters. The summed E-state index contributed by atoms with van der Waals surface area (Å²) in [6, 6.07) is 6.39. The van der Waals surface area contributed by atoms with Crippen molar-refractivity contribution in [2.24, 2.45) is 0 Å². The average molecular weight is 290 g/mol. The third kappa shape index (κ3) is 2.63. The molecule has 1 aromatic carbocycles. The van der Waals surface area contributed by atoms with E-state index in [1.54, 1.807) is 0 Å². The zero-order valence-electron chi connectivity index (χ0n) is 11.7. The second-order valence-corrected chi connectivity index (χ2v) is 6.11. The van der Waals surface area contributed by atoms with Crippen molar-refractivity contribution in [3.05, 3.63) is 24.4 Å². The van der Waals surface area contributed by atoms with Gasteiger partial charge in [0.2, 0.25) is 6.79 Å². The first kappa shape index (κ1) is 13.4. The van der Waals surface area contributed by atoms with Crippen LogP contribution in [0.15, 0.2) is 24.4 Å². The summed E-state index contributed by atoms with van der Waals surface area (Å²) in [5.74, 6) is 4.71. The molecule has 0 saturated carbocycles. The van der Waals surface area contributed by atoms with E-state index < -0.39 is 0 Å². The fourth-order valence-corrected chi connectivity index (χ4v) is 2.92. The van der Waals surface area contributed by atoms with Gasteiger partial charge in [-0.1, -0.05) is 6.92 Å². The molecule has 2 heterocycles. The number of ether oxygens (including phenoxy) is 2. The van der Waals surface area contributed by atoms with Crippen molar-refractivity contribution in [1.29, 1.82) is 0 Å². The van der Waals surface area contributed by atoms with Crippen LogP contribution in [0.3, 0.4) is 0 Å². The smallest absolute Gasteiger partial charge is 0.231 e. The van der Waals surface area contributed by atoms with Gasteiger partial charge in [-0.05, 0) is 36.3 Å². The Bertz CT molecular complexity index is 618. The lowest BCUT2D eigenvalue weighted by Crippen LogP contribution is -2.19. The molecular formula is C15H18N2O2S. The van der Waals surface area contributed by atoms with Crippen LogP contribution in [0.25, 0.3) is 10.8 Å². The highest BCUT2D eigenvalue weighted by molar-refractivity contribution is 7.99. The van der Waals surface area contributed by atoms with E-state index in [1.807, 2.05) is 36.2 Å². The molecule has 0 fully saturated rings. The molecule has 3 rings (SSSR count). The highest BCUT2D eigenvalue weighted by Gasteiger charge is 2.16. The van der Waals surface area contributed by atoms with Crippen molar-refractivity contribution in [1.82, 2.24) is 4.98 Å². The fourth-order valence-electron chi connectivity index (χ4n) is 2.25. The van der Waals surface area contributed by atoms with Gasteiger partial charge < -0.3 is 14.8 Å². The number of nitrogens with one attached hydrogen (secondary N) is 1. The molecule has 1 N–H and O–H groups in total. The van der Waals surface area contributed by atoms with Gasteiger partial charge in [0.05, 0.1) is 0 Å². The van der Waals surface area contributed by atoms with E-state index in [0.717, 1.165) is 39.6 Å². The Morgan fingerprint density at radius 1 is 1.35 bits per heavy atom.